The lowest BCUT2D eigenvalue weighted by molar-refractivity contribution is 0.670. The van der Waals surface area contributed by atoms with E-state index >= 15 is 0 Å². The van der Waals surface area contributed by atoms with E-state index in [1.165, 1.54) is 32.7 Å². The molecule has 4 heteroatoms. The number of aliphatic imine (C=N–C) groups is 2. The summed E-state index contributed by atoms with van der Waals surface area (Å²) in [5, 5.41) is 10.6. The first-order chi connectivity index (χ1) is 25.3. The first kappa shape index (κ1) is 29.2. The highest BCUT2D eigenvalue weighted by Crippen LogP contribution is 2.40. The summed E-state index contributed by atoms with van der Waals surface area (Å²) in [4.78, 5) is 10.6. The maximum absolute atomic E-state index is 6.68. The number of rotatable bonds is 5. The molecule has 1 N–H and O–H groups in total. The van der Waals surface area contributed by atoms with Crippen LogP contribution in [0.3, 0.4) is 0 Å². The van der Waals surface area contributed by atoms with Crippen molar-refractivity contribution in [3.8, 4) is 22.3 Å². The lowest BCUT2D eigenvalue weighted by Crippen LogP contribution is -2.36. The summed E-state index contributed by atoms with van der Waals surface area (Å²) in [6, 6.07) is 61.6. The van der Waals surface area contributed by atoms with Crippen molar-refractivity contribution in [2.75, 3.05) is 0 Å². The molecule has 0 saturated carbocycles. The smallest absolute Gasteiger partial charge is 0.169 e. The Labute approximate surface area is 295 Å². The molecule has 0 spiro atoms. The summed E-state index contributed by atoms with van der Waals surface area (Å²) in [5.74, 6) is 1.54. The lowest BCUT2D eigenvalue weighted by Gasteiger charge is -2.23. The summed E-state index contributed by atoms with van der Waals surface area (Å²) in [6.07, 6.45) is -0.446. The van der Waals surface area contributed by atoms with Crippen LogP contribution in [0.4, 0.5) is 0 Å². The van der Waals surface area contributed by atoms with E-state index in [2.05, 4.69) is 145 Å². The Bertz CT molecular complexity index is 2820. The van der Waals surface area contributed by atoms with E-state index in [1.807, 2.05) is 36.4 Å². The molecule has 0 saturated heterocycles. The van der Waals surface area contributed by atoms with Gasteiger partial charge in [0.1, 0.15) is 22.8 Å². The number of nitrogens with zero attached hydrogens (tertiary/aromatic N) is 2. The van der Waals surface area contributed by atoms with Gasteiger partial charge < -0.3 is 9.73 Å². The van der Waals surface area contributed by atoms with Gasteiger partial charge in [0.25, 0.3) is 0 Å². The van der Waals surface area contributed by atoms with Gasteiger partial charge in [-0.2, -0.15) is 0 Å². The Kier molecular flexibility index (Phi) is 6.85. The van der Waals surface area contributed by atoms with Crippen LogP contribution in [0.1, 0.15) is 22.9 Å². The fraction of sp³-hybridized carbons (Fsp3) is 0.0213. The topological polar surface area (TPSA) is 49.9 Å². The quantitative estimate of drug-likeness (QED) is 0.188. The zero-order chi connectivity index (χ0) is 33.7. The minimum atomic E-state index is -0.446. The highest BCUT2D eigenvalue weighted by Gasteiger charge is 2.25. The van der Waals surface area contributed by atoms with Gasteiger partial charge in [0.2, 0.25) is 0 Å². The normalized spacial score (nSPS) is 14.5. The van der Waals surface area contributed by atoms with E-state index in [1.54, 1.807) is 0 Å². The number of furan rings is 1. The second-order valence-electron chi connectivity index (χ2n) is 13.0. The Morgan fingerprint density at radius 3 is 1.82 bits per heavy atom. The molecule has 240 valence electrons. The van der Waals surface area contributed by atoms with Crippen LogP contribution in [0.15, 0.2) is 190 Å². The predicted octanol–water partition coefficient (Wildman–Crippen LogP) is 11.7. The molecule has 8 aromatic carbocycles. The summed E-state index contributed by atoms with van der Waals surface area (Å²) in [5.41, 5.74) is 9.19. The molecule has 10 rings (SSSR count). The molecule has 9 aromatic rings. The minimum Gasteiger partial charge on any atom is -0.455 e. The maximum atomic E-state index is 6.68. The van der Waals surface area contributed by atoms with Crippen LogP contribution in [-0.4, -0.2) is 11.7 Å². The van der Waals surface area contributed by atoms with Crippen LogP contribution in [0.2, 0.25) is 0 Å². The molecular weight excluding hydrogens is 623 g/mol. The monoisotopic (exact) mass is 653 g/mol. The van der Waals surface area contributed by atoms with Crippen molar-refractivity contribution in [2.24, 2.45) is 9.98 Å². The minimum absolute atomic E-state index is 0.446. The number of nitrogens with one attached hydrogen (secondary N) is 1. The molecule has 4 nitrogen and oxygen atoms in total. The average molecular weight is 654 g/mol. The van der Waals surface area contributed by atoms with Crippen LogP contribution >= 0.6 is 0 Å². The molecule has 0 aliphatic carbocycles. The van der Waals surface area contributed by atoms with E-state index in [9.17, 15) is 0 Å². The summed E-state index contributed by atoms with van der Waals surface area (Å²) in [7, 11) is 0. The third-order valence-electron chi connectivity index (χ3n) is 9.94. The molecule has 1 aliphatic heterocycles. The lowest BCUT2D eigenvalue weighted by atomic mass is 9.96. The zero-order valence-electron chi connectivity index (χ0n) is 27.6. The van der Waals surface area contributed by atoms with E-state index in [0.29, 0.717) is 0 Å². The molecular formula is C47H31N3O. The van der Waals surface area contributed by atoms with E-state index < -0.39 is 6.17 Å². The van der Waals surface area contributed by atoms with Gasteiger partial charge in [-0.25, -0.2) is 9.98 Å². The van der Waals surface area contributed by atoms with Gasteiger partial charge in [0.15, 0.2) is 6.17 Å². The predicted molar refractivity (Wildman–Crippen MR) is 211 cm³/mol. The first-order valence-corrected chi connectivity index (χ1v) is 17.3. The van der Waals surface area contributed by atoms with Crippen LogP contribution in [0.25, 0.3) is 65.7 Å². The highest BCUT2D eigenvalue weighted by molar-refractivity contribution is 6.25. The third kappa shape index (κ3) is 5.08. The Balaban J connectivity index is 1.14. The number of para-hydroxylation sites is 1. The Morgan fingerprint density at radius 1 is 0.431 bits per heavy atom. The van der Waals surface area contributed by atoms with Gasteiger partial charge in [-0.15, -0.1) is 0 Å². The summed E-state index contributed by atoms with van der Waals surface area (Å²) >= 11 is 0. The van der Waals surface area contributed by atoms with Gasteiger partial charge in [-0.1, -0.05) is 152 Å². The summed E-state index contributed by atoms with van der Waals surface area (Å²) in [6.45, 7) is 0. The van der Waals surface area contributed by atoms with Gasteiger partial charge in [-0.3, -0.25) is 0 Å². The second-order valence-corrected chi connectivity index (χ2v) is 13.0. The molecule has 2 heterocycles. The maximum Gasteiger partial charge on any atom is 0.169 e. The van der Waals surface area contributed by atoms with Gasteiger partial charge in [-0.05, 0) is 68.1 Å². The molecule has 0 fully saturated rings. The SMILES string of the molecule is c1ccc(C2=NC(c3ccc4ccc5ccccc5c4c3)N=C(c3ccc(-c4ccc(-c5ccccc5)cc4)c4oc5ccccc5c34)N2)cc1. The van der Waals surface area contributed by atoms with Crippen molar-refractivity contribution in [3.05, 3.63) is 193 Å². The fourth-order valence-electron chi connectivity index (χ4n) is 7.38. The van der Waals surface area contributed by atoms with Crippen molar-refractivity contribution in [3.63, 3.8) is 0 Å². The molecule has 1 atom stereocenters. The van der Waals surface area contributed by atoms with Gasteiger partial charge in [0.05, 0.1) is 0 Å². The Morgan fingerprint density at radius 2 is 1.02 bits per heavy atom. The number of fused-ring (bicyclic) bond motifs is 6. The zero-order valence-corrected chi connectivity index (χ0v) is 27.6. The molecule has 1 unspecified atom stereocenters. The van der Waals surface area contributed by atoms with Crippen molar-refractivity contribution in [1.29, 1.82) is 0 Å². The Hall–Kier alpha value is -6.78. The van der Waals surface area contributed by atoms with Gasteiger partial charge >= 0.3 is 0 Å². The molecule has 0 bridgehead atoms. The van der Waals surface area contributed by atoms with E-state index in [-0.39, 0.29) is 0 Å². The largest absolute Gasteiger partial charge is 0.455 e. The molecule has 1 aliphatic rings. The van der Waals surface area contributed by atoms with Crippen LogP contribution in [0.5, 0.6) is 0 Å². The first-order valence-electron chi connectivity index (χ1n) is 17.3. The van der Waals surface area contributed by atoms with E-state index in [0.717, 1.165) is 61.4 Å². The number of amidine groups is 2. The molecule has 51 heavy (non-hydrogen) atoms. The van der Waals surface area contributed by atoms with E-state index in [4.69, 9.17) is 14.4 Å². The summed E-state index contributed by atoms with van der Waals surface area (Å²) < 4.78 is 6.68. The number of hydrogen-bond donors (Lipinski definition) is 1. The highest BCUT2D eigenvalue weighted by atomic mass is 16.3. The molecule has 1 aromatic heterocycles. The second kappa shape index (κ2) is 12.0. The van der Waals surface area contributed by atoms with Crippen molar-refractivity contribution < 1.29 is 4.42 Å². The van der Waals surface area contributed by atoms with Crippen LogP contribution in [-0.2, 0) is 0 Å². The molecule has 0 amide bonds. The molecule has 0 radical (unpaired) electrons. The van der Waals surface area contributed by atoms with Crippen LogP contribution in [0, 0.1) is 0 Å². The van der Waals surface area contributed by atoms with Gasteiger partial charge in [0, 0.05) is 27.5 Å². The van der Waals surface area contributed by atoms with Crippen LogP contribution < -0.4 is 5.32 Å². The third-order valence-corrected chi connectivity index (χ3v) is 9.94. The fourth-order valence-corrected chi connectivity index (χ4v) is 7.38. The standard InChI is InChI=1S/C47H31N3O/c1-3-11-30(12-4-1)31-19-21-33(22-20-31)38-27-28-40(43-39-17-9-10-18-42(39)51-44(38)43)47-49-45(35-14-5-2-6-15-35)48-46(50-47)36-26-25-34-24-23-32-13-7-8-16-37(32)41(34)29-36/h1-29,46H,(H,48,49,50). The van der Waals surface area contributed by atoms with Crippen molar-refractivity contribution in [2.45, 2.75) is 6.17 Å². The van der Waals surface area contributed by atoms with Crippen molar-refractivity contribution in [1.82, 2.24) is 5.32 Å². The number of hydrogen-bond acceptors (Lipinski definition) is 4. The number of benzene rings is 8. The van der Waals surface area contributed by atoms with Crippen molar-refractivity contribution >= 4 is 55.2 Å². The average Bonchev–Trinajstić information content (AvgIpc) is 3.61.